The third-order valence-electron chi connectivity index (χ3n) is 5.53. The summed E-state index contributed by atoms with van der Waals surface area (Å²) in [6, 6.07) is 5.81. The number of benzene rings is 1. The SMILES string of the molecule is CCC(CC)C(=O)CCCCCNc1nc2cc(OC)ccc2n2c(C)nnc12. The van der Waals surface area contributed by atoms with Crippen LogP contribution in [0.3, 0.4) is 0 Å². The number of rotatable bonds is 11. The molecule has 3 aromatic rings. The van der Waals surface area contributed by atoms with Crippen LogP contribution >= 0.6 is 0 Å². The van der Waals surface area contributed by atoms with Crippen molar-refractivity contribution in [1.82, 2.24) is 19.6 Å². The molecule has 7 heteroatoms. The molecule has 3 rings (SSSR count). The van der Waals surface area contributed by atoms with Crippen molar-refractivity contribution in [3.63, 3.8) is 0 Å². The Bertz CT molecular complexity index is 978. The quantitative estimate of drug-likeness (QED) is 0.477. The van der Waals surface area contributed by atoms with Crippen LogP contribution in [0.2, 0.25) is 0 Å². The van der Waals surface area contributed by atoms with Crippen LogP contribution in [0, 0.1) is 12.8 Å². The maximum atomic E-state index is 12.1. The summed E-state index contributed by atoms with van der Waals surface area (Å²) < 4.78 is 7.35. The van der Waals surface area contributed by atoms with E-state index in [0.717, 1.165) is 72.7 Å². The minimum absolute atomic E-state index is 0.233. The van der Waals surface area contributed by atoms with Crippen molar-refractivity contribution in [3.05, 3.63) is 24.0 Å². The number of fused-ring (bicyclic) bond motifs is 3. The minimum Gasteiger partial charge on any atom is -0.497 e. The van der Waals surface area contributed by atoms with Crippen molar-refractivity contribution in [1.29, 1.82) is 0 Å². The Hall–Kier alpha value is -2.70. The number of hydrogen-bond donors (Lipinski definition) is 1. The lowest BCUT2D eigenvalue weighted by molar-refractivity contribution is -0.123. The molecule has 7 nitrogen and oxygen atoms in total. The topological polar surface area (TPSA) is 81.4 Å². The number of hydrogen-bond acceptors (Lipinski definition) is 6. The zero-order valence-corrected chi connectivity index (χ0v) is 17.9. The molecule has 0 aliphatic rings. The number of aryl methyl sites for hydroxylation is 1. The van der Waals surface area contributed by atoms with Crippen LogP contribution in [0.1, 0.15) is 58.2 Å². The number of ether oxygens (including phenoxy) is 1. The van der Waals surface area contributed by atoms with E-state index < -0.39 is 0 Å². The molecule has 1 N–H and O–H groups in total. The van der Waals surface area contributed by atoms with Crippen molar-refractivity contribution in [2.75, 3.05) is 19.0 Å². The molecule has 0 spiro atoms. The van der Waals surface area contributed by atoms with Gasteiger partial charge in [0.1, 0.15) is 17.4 Å². The van der Waals surface area contributed by atoms with Crippen LogP contribution in [0.25, 0.3) is 16.7 Å². The zero-order valence-electron chi connectivity index (χ0n) is 17.9. The Kier molecular flexibility index (Phi) is 7.01. The third-order valence-corrected chi connectivity index (χ3v) is 5.53. The van der Waals surface area contributed by atoms with E-state index in [1.54, 1.807) is 7.11 Å². The van der Waals surface area contributed by atoms with Gasteiger partial charge in [-0.2, -0.15) is 0 Å². The van der Waals surface area contributed by atoms with Gasteiger partial charge >= 0.3 is 0 Å². The van der Waals surface area contributed by atoms with E-state index in [-0.39, 0.29) is 5.92 Å². The lowest BCUT2D eigenvalue weighted by Crippen LogP contribution is -2.12. The molecule has 0 radical (unpaired) electrons. The monoisotopic (exact) mass is 397 g/mol. The van der Waals surface area contributed by atoms with Crippen LogP contribution < -0.4 is 10.1 Å². The van der Waals surface area contributed by atoms with Crippen LogP contribution in [0.5, 0.6) is 5.75 Å². The Morgan fingerprint density at radius 1 is 1.17 bits per heavy atom. The van der Waals surface area contributed by atoms with E-state index in [1.165, 1.54) is 0 Å². The van der Waals surface area contributed by atoms with Gasteiger partial charge in [-0.3, -0.25) is 9.20 Å². The number of carbonyl (C=O) groups excluding carboxylic acids is 1. The summed E-state index contributed by atoms with van der Waals surface area (Å²) in [7, 11) is 1.65. The maximum Gasteiger partial charge on any atom is 0.204 e. The Morgan fingerprint density at radius 2 is 1.97 bits per heavy atom. The summed E-state index contributed by atoms with van der Waals surface area (Å²) >= 11 is 0. The number of Topliss-reactive ketones (excluding diaryl/α,β-unsaturated/α-hetero) is 1. The number of anilines is 1. The van der Waals surface area contributed by atoms with Crippen LogP contribution in [-0.4, -0.2) is 39.0 Å². The van der Waals surface area contributed by atoms with Gasteiger partial charge in [0.15, 0.2) is 5.82 Å². The summed E-state index contributed by atoms with van der Waals surface area (Å²) in [5.74, 6) is 2.95. The summed E-state index contributed by atoms with van der Waals surface area (Å²) in [6.45, 7) is 6.90. The maximum absolute atomic E-state index is 12.1. The van der Waals surface area contributed by atoms with E-state index >= 15 is 0 Å². The fraction of sp³-hybridized carbons (Fsp3) is 0.545. The number of ketones is 1. The standard InChI is InChI=1S/C22H31N5O2/c1-5-16(6-2)20(28)10-8-7-9-13-23-21-22-26-25-15(3)27(22)19-12-11-17(29-4)14-18(19)24-21/h11-12,14,16H,5-10,13H2,1-4H3,(H,23,24). The van der Waals surface area contributed by atoms with E-state index in [0.29, 0.717) is 12.2 Å². The van der Waals surface area contributed by atoms with Gasteiger partial charge in [0, 0.05) is 24.9 Å². The second-order valence-electron chi connectivity index (χ2n) is 7.44. The molecule has 0 aliphatic heterocycles. The first-order chi connectivity index (χ1) is 14.1. The minimum atomic E-state index is 0.233. The van der Waals surface area contributed by atoms with E-state index in [9.17, 15) is 4.79 Å². The van der Waals surface area contributed by atoms with Crippen LogP contribution in [-0.2, 0) is 4.79 Å². The predicted octanol–water partition coefficient (Wildman–Crippen LogP) is 4.57. The molecule has 2 aromatic heterocycles. The predicted molar refractivity (Wildman–Crippen MR) is 116 cm³/mol. The molecule has 0 amide bonds. The first-order valence-corrected chi connectivity index (χ1v) is 10.5. The van der Waals surface area contributed by atoms with Gasteiger partial charge in [-0.05, 0) is 44.7 Å². The molecule has 29 heavy (non-hydrogen) atoms. The zero-order chi connectivity index (χ0) is 20.8. The van der Waals surface area contributed by atoms with Gasteiger partial charge in [-0.25, -0.2) is 4.98 Å². The van der Waals surface area contributed by atoms with Crippen molar-refractivity contribution in [2.45, 2.75) is 59.3 Å². The normalized spacial score (nSPS) is 11.5. The summed E-state index contributed by atoms with van der Waals surface area (Å²) in [4.78, 5) is 16.9. The third kappa shape index (κ3) is 4.66. The number of nitrogens with zero attached hydrogens (tertiary/aromatic N) is 4. The lowest BCUT2D eigenvalue weighted by atomic mass is 9.94. The molecule has 0 fully saturated rings. The first kappa shape index (κ1) is 21.0. The second-order valence-corrected chi connectivity index (χ2v) is 7.44. The number of unbranched alkanes of at least 4 members (excludes halogenated alkanes) is 2. The highest BCUT2D eigenvalue weighted by Crippen LogP contribution is 2.25. The average molecular weight is 398 g/mol. The molecule has 0 saturated carbocycles. The van der Waals surface area contributed by atoms with Crippen LogP contribution in [0.4, 0.5) is 5.82 Å². The van der Waals surface area contributed by atoms with Gasteiger partial charge in [-0.15, -0.1) is 10.2 Å². The Labute approximate surface area is 171 Å². The van der Waals surface area contributed by atoms with Crippen molar-refractivity contribution in [2.24, 2.45) is 5.92 Å². The highest BCUT2D eigenvalue weighted by Gasteiger charge is 2.14. The van der Waals surface area contributed by atoms with Gasteiger partial charge in [0.2, 0.25) is 5.65 Å². The molecule has 0 atom stereocenters. The molecule has 2 heterocycles. The molecular formula is C22H31N5O2. The fourth-order valence-electron chi connectivity index (χ4n) is 3.76. The van der Waals surface area contributed by atoms with Crippen molar-refractivity contribution >= 4 is 28.3 Å². The van der Waals surface area contributed by atoms with Gasteiger partial charge in [0.25, 0.3) is 0 Å². The smallest absolute Gasteiger partial charge is 0.204 e. The number of nitrogens with one attached hydrogen (secondary N) is 1. The largest absolute Gasteiger partial charge is 0.497 e. The van der Waals surface area contributed by atoms with Crippen molar-refractivity contribution in [3.8, 4) is 5.75 Å². The summed E-state index contributed by atoms with van der Waals surface area (Å²) in [5.41, 5.74) is 2.51. The highest BCUT2D eigenvalue weighted by atomic mass is 16.5. The Morgan fingerprint density at radius 3 is 2.69 bits per heavy atom. The molecule has 1 aromatic carbocycles. The number of aromatic nitrogens is 4. The van der Waals surface area contributed by atoms with Crippen LogP contribution in [0.15, 0.2) is 18.2 Å². The average Bonchev–Trinajstić information content (AvgIpc) is 3.13. The highest BCUT2D eigenvalue weighted by molar-refractivity contribution is 5.84. The molecule has 156 valence electrons. The lowest BCUT2D eigenvalue weighted by Gasteiger charge is -2.11. The molecule has 0 saturated heterocycles. The first-order valence-electron chi connectivity index (χ1n) is 10.5. The second kappa shape index (κ2) is 9.67. The fourth-order valence-corrected chi connectivity index (χ4v) is 3.76. The molecule has 0 unspecified atom stereocenters. The van der Waals surface area contributed by atoms with E-state index in [4.69, 9.17) is 9.72 Å². The summed E-state index contributed by atoms with van der Waals surface area (Å²) in [6.07, 6.45) is 5.52. The molecule has 0 bridgehead atoms. The summed E-state index contributed by atoms with van der Waals surface area (Å²) in [5, 5.41) is 11.9. The number of methoxy groups -OCH3 is 1. The van der Waals surface area contributed by atoms with Gasteiger partial charge in [0.05, 0.1) is 18.1 Å². The van der Waals surface area contributed by atoms with Gasteiger partial charge in [-0.1, -0.05) is 20.3 Å². The van der Waals surface area contributed by atoms with E-state index in [2.05, 4.69) is 29.4 Å². The molecular weight excluding hydrogens is 366 g/mol. The van der Waals surface area contributed by atoms with Gasteiger partial charge < -0.3 is 10.1 Å². The number of carbonyl (C=O) groups is 1. The van der Waals surface area contributed by atoms with E-state index in [1.807, 2.05) is 29.5 Å². The van der Waals surface area contributed by atoms with Crippen molar-refractivity contribution < 1.29 is 9.53 Å². The Balaban J connectivity index is 1.63. The molecule has 0 aliphatic carbocycles.